The third-order valence-corrected chi connectivity index (χ3v) is 9.89. The van der Waals surface area contributed by atoms with Crippen LogP contribution in [-0.2, 0) is 9.16 Å². The second-order valence-corrected chi connectivity index (χ2v) is 12.3. The van der Waals surface area contributed by atoms with Crippen molar-refractivity contribution in [1.82, 2.24) is 0 Å². The van der Waals surface area contributed by atoms with E-state index in [2.05, 4.69) is 101 Å². The molecule has 0 bridgehead atoms. The van der Waals surface area contributed by atoms with Gasteiger partial charge < -0.3 is 9.16 Å². The lowest BCUT2D eigenvalue weighted by molar-refractivity contribution is 0.334. The van der Waals surface area contributed by atoms with Gasteiger partial charge in [-0.15, -0.1) is 0 Å². The zero-order valence-electron chi connectivity index (χ0n) is 15.7. The molecule has 0 amide bonds. The molecule has 0 N–H and O–H groups in total. The van der Waals surface area contributed by atoms with E-state index < -0.39 is 8.32 Å². The van der Waals surface area contributed by atoms with Crippen molar-refractivity contribution in [2.45, 2.75) is 38.3 Å². The monoisotopic (exact) mass is 352 g/mol. The van der Waals surface area contributed by atoms with Gasteiger partial charge in [0.2, 0.25) is 0 Å². The zero-order valence-corrected chi connectivity index (χ0v) is 16.7. The number of benzene rings is 2. The standard InChI is InChI=1S/C22H28O2Si/c1-21(2,3)25(19-12-7-5-8-13-19,20-14-9-6-10-15-20)24-17-11-16-22(4)18-23-22/h5-16H,17-18H2,1-4H3/b16-11+. The molecule has 0 radical (unpaired) electrons. The number of ether oxygens (including phenoxy) is 1. The van der Waals surface area contributed by atoms with Crippen LogP contribution in [0.2, 0.25) is 5.04 Å². The summed E-state index contributed by atoms with van der Waals surface area (Å²) in [6.07, 6.45) is 4.25. The third kappa shape index (κ3) is 3.79. The van der Waals surface area contributed by atoms with Crippen LogP contribution in [0.5, 0.6) is 0 Å². The highest BCUT2D eigenvalue weighted by molar-refractivity contribution is 6.99. The summed E-state index contributed by atoms with van der Waals surface area (Å²) in [5.41, 5.74) is -0.0746. The molecule has 3 heteroatoms. The second-order valence-electron chi connectivity index (χ2n) is 7.98. The fraction of sp³-hybridized carbons (Fsp3) is 0.364. The maximum Gasteiger partial charge on any atom is 0.261 e. The summed E-state index contributed by atoms with van der Waals surface area (Å²) in [6, 6.07) is 21.5. The van der Waals surface area contributed by atoms with E-state index in [1.807, 2.05) is 0 Å². The average Bonchev–Trinajstić information content (AvgIpc) is 3.33. The zero-order chi connectivity index (χ0) is 18.0. The highest BCUT2D eigenvalue weighted by Crippen LogP contribution is 2.36. The molecule has 3 rings (SSSR count). The first-order valence-electron chi connectivity index (χ1n) is 8.94. The van der Waals surface area contributed by atoms with E-state index in [0.717, 1.165) is 6.61 Å². The van der Waals surface area contributed by atoms with Gasteiger partial charge in [-0.3, -0.25) is 0 Å². The molecule has 1 aliphatic heterocycles. The number of rotatable bonds is 6. The molecule has 1 unspecified atom stereocenters. The van der Waals surface area contributed by atoms with Crippen LogP contribution in [0.3, 0.4) is 0 Å². The van der Waals surface area contributed by atoms with Gasteiger partial charge >= 0.3 is 0 Å². The lowest BCUT2D eigenvalue weighted by Gasteiger charge is -2.42. The van der Waals surface area contributed by atoms with Crippen molar-refractivity contribution in [3.8, 4) is 0 Å². The maximum atomic E-state index is 6.79. The Hall–Kier alpha value is -1.68. The number of epoxide rings is 1. The van der Waals surface area contributed by atoms with Crippen molar-refractivity contribution in [3.05, 3.63) is 72.8 Å². The second kappa shape index (κ2) is 6.91. The van der Waals surface area contributed by atoms with Gasteiger partial charge in [0.25, 0.3) is 8.32 Å². The predicted molar refractivity (Wildman–Crippen MR) is 107 cm³/mol. The summed E-state index contributed by atoms with van der Waals surface area (Å²) in [5.74, 6) is 0. The van der Waals surface area contributed by atoms with Gasteiger partial charge in [-0.05, 0) is 22.3 Å². The summed E-state index contributed by atoms with van der Waals surface area (Å²) in [5, 5.41) is 2.65. The van der Waals surface area contributed by atoms with E-state index in [1.165, 1.54) is 10.4 Å². The fourth-order valence-electron chi connectivity index (χ4n) is 3.44. The minimum atomic E-state index is -2.42. The molecular formula is C22H28O2Si. The summed E-state index contributed by atoms with van der Waals surface area (Å²) < 4.78 is 12.2. The maximum absolute atomic E-state index is 6.79. The molecule has 25 heavy (non-hydrogen) atoms. The lowest BCUT2D eigenvalue weighted by Crippen LogP contribution is -2.66. The smallest absolute Gasteiger partial charge is 0.261 e. The van der Waals surface area contributed by atoms with Crippen LogP contribution in [0.25, 0.3) is 0 Å². The molecule has 2 aromatic carbocycles. The van der Waals surface area contributed by atoms with Gasteiger partial charge in [0.05, 0.1) is 13.2 Å². The number of hydrogen-bond donors (Lipinski definition) is 0. The molecule has 132 valence electrons. The highest BCUT2D eigenvalue weighted by Gasteiger charge is 2.49. The number of hydrogen-bond acceptors (Lipinski definition) is 2. The summed E-state index contributed by atoms with van der Waals surface area (Å²) in [6.45, 7) is 10.4. The van der Waals surface area contributed by atoms with Crippen molar-refractivity contribution >= 4 is 18.7 Å². The van der Waals surface area contributed by atoms with Crippen molar-refractivity contribution in [2.24, 2.45) is 0 Å². The molecule has 1 aliphatic rings. The molecular weight excluding hydrogens is 324 g/mol. The Balaban J connectivity index is 2.01. The van der Waals surface area contributed by atoms with E-state index >= 15 is 0 Å². The van der Waals surface area contributed by atoms with Gasteiger partial charge in [0.15, 0.2) is 0 Å². The van der Waals surface area contributed by atoms with Gasteiger partial charge in [-0.25, -0.2) is 0 Å². The molecule has 1 saturated heterocycles. The van der Waals surface area contributed by atoms with E-state index in [4.69, 9.17) is 9.16 Å². The Bertz CT molecular complexity index is 673. The summed E-state index contributed by atoms with van der Waals surface area (Å²) in [4.78, 5) is 0. The van der Waals surface area contributed by atoms with Crippen molar-refractivity contribution in [3.63, 3.8) is 0 Å². The highest BCUT2D eigenvalue weighted by atomic mass is 28.4. The van der Waals surface area contributed by atoms with Crippen molar-refractivity contribution in [2.75, 3.05) is 13.2 Å². The fourth-order valence-corrected chi connectivity index (χ4v) is 7.94. The quantitative estimate of drug-likeness (QED) is 0.447. The average molecular weight is 353 g/mol. The Morgan fingerprint density at radius 2 is 1.48 bits per heavy atom. The molecule has 2 nitrogen and oxygen atoms in total. The Morgan fingerprint density at radius 3 is 1.88 bits per heavy atom. The van der Waals surface area contributed by atoms with Crippen LogP contribution < -0.4 is 10.4 Å². The van der Waals surface area contributed by atoms with Crippen molar-refractivity contribution < 1.29 is 9.16 Å². The predicted octanol–water partition coefficient (Wildman–Crippen LogP) is 3.91. The summed E-state index contributed by atoms with van der Waals surface area (Å²) >= 11 is 0. The van der Waals surface area contributed by atoms with Crippen LogP contribution in [0, 0.1) is 0 Å². The molecule has 0 spiro atoms. The van der Waals surface area contributed by atoms with Crippen LogP contribution in [0.15, 0.2) is 72.8 Å². The van der Waals surface area contributed by atoms with Gasteiger partial charge in [-0.2, -0.15) is 0 Å². The van der Waals surface area contributed by atoms with Crippen LogP contribution in [-0.4, -0.2) is 27.1 Å². The largest absolute Gasteiger partial charge is 0.404 e. The Kier molecular flexibility index (Phi) is 5.01. The van der Waals surface area contributed by atoms with Gasteiger partial charge in [0, 0.05) is 0 Å². The SMILES string of the molecule is CC1(/C=C/CO[Si](c2ccccc2)(c2ccccc2)C(C)(C)C)CO1. The van der Waals surface area contributed by atoms with Crippen LogP contribution in [0.1, 0.15) is 27.7 Å². The first-order valence-corrected chi connectivity index (χ1v) is 10.8. The van der Waals surface area contributed by atoms with E-state index in [-0.39, 0.29) is 10.6 Å². The van der Waals surface area contributed by atoms with E-state index in [0.29, 0.717) is 6.61 Å². The molecule has 1 atom stereocenters. The molecule has 2 aromatic rings. The third-order valence-electron chi connectivity index (χ3n) is 4.88. The van der Waals surface area contributed by atoms with Crippen LogP contribution in [0.4, 0.5) is 0 Å². The topological polar surface area (TPSA) is 21.8 Å². The van der Waals surface area contributed by atoms with E-state index in [9.17, 15) is 0 Å². The minimum absolute atomic E-state index is 0.0174. The Labute approximate surface area is 152 Å². The first kappa shape index (κ1) is 18.1. The van der Waals surface area contributed by atoms with Gasteiger partial charge in [-0.1, -0.05) is 93.6 Å². The minimum Gasteiger partial charge on any atom is -0.404 e. The normalized spacial score (nSPS) is 20.8. The molecule has 0 aromatic heterocycles. The summed E-state index contributed by atoms with van der Waals surface area (Å²) in [7, 11) is -2.42. The molecule has 1 heterocycles. The van der Waals surface area contributed by atoms with Crippen molar-refractivity contribution in [1.29, 1.82) is 0 Å². The van der Waals surface area contributed by atoms with Gasteiger partial charge in [0.1, 0.15) is 5.60 Å². The molecule has 1 fully saturated rings. The lowest BCUT2D eigenvalue weighted by atomic mass is 10.2. The van der Waals surface area contributed by atoms with E-state index in [1.54, 1.807) is 0 Å². The molecule has 0 saturated carbocycles. The Morgan fingerprint density at radius 1 is 1.00 bits per heavy atom. The van der Waals surface area contributed by atoms with Crippen LogP contribution >= 0.6 is 0 Å². The first-order chi connectivity index (χ1) is 11.9. The molecule has 0 aliphatic carbocycles.